The maximum absolute atomic E-state index is 14.9. The Bertz CT molecular complexity index is 1290. The molecule has 0 aliphatic rings. The number of carboxylic acid groups (broad SMARTS) is 1. The minimum absolute atomic E-state index is 0.0446. The van der Waals surface area contributed by atoms with Crippen molar-refractivity contribution in [3.63, 3.8) is 0 Å². The van der Waals surface area contributed by atoms with Gasteiger partial charge in [-0.3, -0.25) is 9.59 Å². The van der Waals surface area contributed by atoms with Crippen molar-refractivity contribution in [2.45, 2.75) is 45.8 Å². The number of hydrogen-bond acceptors (Lipinski definition) is 5. The van der Waals surface area contributed by atoms with Crippen molar-refractivity contribution in [1.29, 1.82) is 0 Å². The van der Waals surface area contributed by atoms with Crippen LogP contribution in [0.15, 0.2) is 60.8 Å². The molecule has 0 aliphatic heterocycles. The quantitative estimate of drug-likeness (QED) is 0.269. The fraction of sp³-hybridized carbons (Fsp3) is 0.400. The van der Waals surface area contributed by atoms with Crippen LogP contribution in [0.1, 0.15) is 44.5 Å². The highest BCUT2D eigenvalue weighted by atomic mass is 32.2. The molecule has 0 spiro atoms. The van der Waals surface area contributed by atoms with Crippen molar-refractivity contribution in [3.05, 3.63) is 83.7 Å². The van der Waals surface area contributed by atoms with Gasteiger partial charge in [-0.2, -0.15) is 0 Å². The summed E-state index contributed by atoms with van der Waals surface area (Å²) in [6.07, 6.45) is 2.35. The molecule has 3 aromatic rings. The molecule has 3 rings (SSSR count). The molecule has 0 bridgehead atoms. The molecule has 0 saturated heterocycles. The van der Waals surface area contributed by atoms with Gasteiger partial charge in [-0.25, -0.2) is 8.78 Å². The average Bonchev–Trinajstić information content (AvgIpc) is 3.29. The molecule has 2 atom stereocenters. The summed E-state index contributed by atoms with van der Waals surface area (Å²) in [5, 5.41) is 9.10. The molecule has 2 aromatic carbocycles. The van der Waals surface area contributed by atoms with E-state index in [-0.39, 0.29) is 23.0 Å². The summed E-state index contributed by atoms with van der Waals surface area (Å²) in [6, 6.07) is 13.4. The molecular weight excluding hydrogens is 534 g/mol. The van der Waals surface area contributed by atoms with E-state index in [9.17, 15) is 18.4 Å². The first-order chi connectivity index (χ1) is 18.9. The molecule has 216 valence electrons. The number of nitrogens with zero attached hydrogens (tertiary/aromatic N) is 2. The topological polar surface area (TPSA) is 115 Å². The number of carbonyl (C=O) groups excluding carboxylic acids is 1. The predicted molar refractivity (Wildman–Crippen MR) is 156 cm³/mol. The van der Waals surface area contributed by atoms with Gasteiger partial charge in [0.2, 0.25) is 5.91 Å². The normalized spacial score (nSPS) is 13.2. The minimum Gasteiger partial charge on any atom is -0.480 e. The van der Waals surface area contributed by atoms with E-state index in [1.807, 2.05) is 61.7 Å². The fourth-order valence-corrected chi connectivity index (χ4v) is 5.55. The van der Waals surface area contributed by atoms with E-state index >= 15 is 0 Å². The Morgan fingerprint density at radius 3 is 2.42 bits per heavy atom. The van der Waals surface area contributed by atoms with Gasteiger partial charge in [0.25, 0.3) is 0 Å². The molecule has 0 saturated carbocycles. The maximum Gasteiger partial charge on any atom is 0.321 e. The number of amides is 1. The van der Waals surface area contributed by atoms with E-state index in [1.54, 1.807) is 11.1 Å². The van der Waals surface area contributed by atoms with E-state index < -0.39 is 35.1 Å². The van der Waals surface area contributed by atoms with Gasteiger partial charge in [-0.05, 0) is 48.2 Å². The number of hydrogen-bond donors (Lipinski definition) is 3. The summed E-state index contributed by atoms with van der Waals surface area (Å²) in [5.74, 6) is -2.25. The molecule has 1 unspecified atom stereocenters. The number of rotatable bonds is 13. The summed E-state index contributed by atoms with van der Waals surface area (Å²) in [7, 11) is 0. The molecule has 10 heteroatoms. The van der Waals surface area contributed by atoms with Gasteiger partial charge >= 0.3 is 5.97 Å². The van der Waals surface area contributed by atoms with E-state index in [2.05, 4.69) is 0 Å². The van der Waals surface area contributed by atoms with Crippen LogP contribution < -0.4 is 11.5 Å². The second-order valence-electron chi connectivity index (χ2n) is 10.8. The van der Waals surface area contributed by atoms with Crippen molar-refractivity contribution in [1.82, 2.24) is 9.47 Å². The molecule has 0 aliphatic carbocycles. The lowest BCUT2D eigenvalue weighted by Gasteiger charge is -2.41. The zero-order chi connectivity index (χ0) is 29.4. The highest BCUT2D eigenvalue weighted by Crippen LogP contribution is 2.41. The Labute approximate surface area is 238 Å². The third-order valence-electron chi connectivity index (χ3n) is 6.54. The number of carbonyl (C=O) groups is 2. The molecule has 0 radical (unpaired) electrons. The van der Waals surface area contributed by atoms with E-state index in [4.69, 9.17) is 16.6 Å². The lowest BCUT2D eigenvalue weighted by molar-refractivity contribution is -0.138. The summed E-state index contributed by atoms with van der Waals surface area (Å²) < 4.78 is 31.0. The summed E-state index contributed by atoms with van der Waals surface area (Å²) in [5.41, 5.74) is 13.4. The van der Waals surface area contributed by atoms with E-state index in [0.717, 1.165) is 23.4 Å². The van der Waals surface area contributed by atoms with Crippen molar-refractivity contribution in [2.24, 2.45) is 16.9 Å². The van der Waals surface area contributed by atoms with E-state index in [1.165, 1.54) is 17.8 Å². The molecule has 1 aromatic heterocycles. The first kappa shape index (κ1) is 31.3. The smallest absolute Gasteiger partial charge is 0.321 e. The number of aromatic nitrogens is 1. The lowest BCUT2D eigenvalue weighted by Crippen LogP contribution is -2.44. The van der Waals surface area contributed by atoms with Gasteiger partial charge in [0.15, 0.2) is 0 Å². The Hall–Kier alpha value is -3.21. The van der Waals surface area contributed by atoms with Crippen LogP contribution in [-0.4, -0.2) is 57.1 Å². The second kappa shape index (κ2) is 13.9. The van der Waals surface area contributed by atoms with Crippen LogP contribution in [0.25, 0.3) is 11.1 Å². The summed E-state index contributed by atoms with van der Waals surface area (Å²) >= 11 is 1.17. The number of aliphatic carboxylic acids is 1. The van der Waals surface area contributed by atoms with Crippen molar-refractivity contribution in [3.8, 4) is 11.1 Å². The molecule has 1 amide bonds. The molecule has 7 nitrogen and oxygen atoms in total. The van der Waals surface area contributed by atoms with Crippen LogP contribution in [-0.2, 0) is 16.1 Å². The SMILES string of the molecule is CC(C)(C)[C@H](c1cc(-c2cc(F)ccc2F)cn1Cc1ccccc1)N(CCCN)C(=O)CSCC(N)C(=O)O. The zero-order valence-electron chi connectivity index (χ0n) is 23.1. The van der Waals surface area contributed by atoms with Gasteiger partial charge in [-0.1, -0.05) is 51.1 Å². The Kier molecular flexibility index (Phi) is 10.9. The van der Waals surface area contributed by atoms with Gasteiger partial charge in [0, 0.05) is 41.9 Å². The van der Waals surface area contributed by atoms with E-state index in [0.29, 0.717) is 31.6 Å². The van der Waals surface area contributed by atoms with Crippen molar-refractivity contribution >= 4 is 23.6 Å². The standard InChI is InChI=1S/C30H38F2N4O3S/c1-30(2,3)28(36(13-7-12-33)27(37)19-40-18-25(34)29(38)39)26-14-21(23-15-22(31)10-11-24(23)32)17-35(26)16-20-8-5-4-6-9-20/h4-6,8-11,14-15,17,25,28H,7,12-13,16,18-19,33-34H2,1-3H3,(H,38,39)/t25?,28-/m0/s1. The number of benzene rings is 2. The van der Waals surface area contributed by atoms with Crippen LogP contribution in [0, 0.1) is 17.0 Å². The monoisotopic (exact) mass is 572 g/mol. The number of carboxylic acids is 1. The number of nitrogens with two attached hydrogens (primary N) is 2. The fourth-order valence-electron chi connectivity index (χ4n) is 4.70. The van der Waals surface area contributed by atoms with Gasteiger partial charge in [0.05, 0.1) is 11.8 Å². The second-order valence-corrected chi connectivity index (χ2v) is 11.9. The van der Waals surface area contributed by atoms with Gasteiger partial charge in [0.1, 0.15) is 17.7 Å². The highest BCUT2D eigenvalue weighted by molar-refractivity contribution is 8.00. The van der Waals surface area contributed by atoms with Crippen LogP contribution in [0.2, 0.25) is 0 Å². The highest BCUT2D eigenvalue weighted by Gasteiger charge is 2.37. The number of halogens is 2. The van der Waals surface area contributed by atoms with Crippen LogP contribution >= 0.6 is 11.8 Å². The first-order valence-electron chi connectivity index (χ1n) is 13.2. The van der Waals surface area contributed by atoms with Gasteiger partial charge < -0.3 is 26.0 Å². The molecule has 5 N–H and O–H groups in total. The molecular formula is C30H38F2N4O3S. The van der Waals surface area contributed by atoms with Crippen molar-refractivity contribution in [2.75, 3.05) is 24.6 Å². The lowest BCUT2D eigenvalue weighted by atomic mass is 9.83. The average molecular weight is 573 g/mol. The first-order valence-corrected chi connectivity index (χ1v) is 14.3. The largest absolute Gasteiger partial charge is 0.480 e. The summed E-state index contributed by atoms with van der Waals surface area (Å²) in [6.45, 7) is 7.29. The molecule has 40 heavy (non-hydrogen) atoms. The Balaban J connectivity index is 2.10. The van der Waals surface area contributed by atoms with Gasteiger partial charge in [-0.15, -0.1) is 11.8 Å². The summed E-state index contributed by atoms with van der Waals surface area (Å²) in [4.78, 5) is 26.6. The molecule has 1 heterocycles. The zero-order valence-corrected chi connectivity index (χ0v) is 24.0. The third-order valence-corrected chi connectivity index (χ3v) is 7.59. The predicted octanol–water partition coefficient (Wildman–Crippen LogP) is 4.89. The minimum atomic E-state index is -1.12. The maximum atomic E-state index is 14.9. The molecule has 0 fully saturated rings. The Morgan fingerprint density at radius 2 is 1.80 bits per heavy atom. The third kappa shape index (κ3) is 8.16. The van der Waals surface area contributed by atoms with Crippen LogP contribution in [0.3, 0.4) is 0 Å². The Morgan fingerprint density at radius 1 is 1.10 bits per heavy atom. The van der Waals surface area contributed by atoms with Crippen LogP contribution in [0.4, 0.5) is 8.78 Å². The number of thioether (sulfide) groups is 1. The van der Waals surface area contributed by atoms with Crippen LogP contribution in [0.5, 0.6) is 0 Å². The van der Waals surface area contributed by atoms with Crippen molar-refractivity contribution < 1.29 is 23.5 Å².